The Morgan fingerprint density at radius 1 is 1.35 bits per heavy atom. The Hall–Kier alpha value is -1.40. The summed E-state index contributed by atoms with van der Waals surface area (Å²) in [5, 5.41) is 11.5. The number of nitrogens with zero attached hydrogens (tertiary/aromatic N) is 2. The van der Waals surface area contributed by atoms with E-state index in [2.05, 4.69) is 15.5 Å². The molecule has 1 saturated carbocycles. The van der Waals surface area contributed by atoms with Crippen molar-refractivity contribution in [2.45, 2.75) is 24.1 Å². The van der Waals surface area contributed by atoms with Crippen molar-refractivity contribution in [3.05, 3.63) is 35.4 Å². The average molecular weight is 305 g/mol. The van der Waals surface area contributed by atoms with Crippen LogP contribution in [0.1, 0.15) is 28.8 Å². The van der Waals surface area contributed by atoms with Crippen LogP contribution in [-0.4, -0.2) is 21.9 Å². The molecule has 4 nitrogen and oxygen atoms in total. The minimum Gasteiger partial charge on any atom is -0.296 e. The second-order valence-electron chi connectivity index (χ2n) is 4.95. The summed E-state index contributed by atoms with van der Waals surface area (Å²) >= 11 is 3.17. The quantitative estimate of drug-likeness (QED) is 0.677. The van der Waals surface area contributed by atoms with Crippen molar-refractivity contribution in [3.8, 4) is 0 Å². The number of hydrogen-bond donors (Lipinski definition) is 1. The van der Waals surface area contributed by atoms with Crippen LogP contribution in [0.4, 0.5) is 5.13 Å². The Balaban J connectivity index is 1.58. The Bertz CT molecular complexity index is 605. The number of amides is 1. The first-order chi connectivity index (χ1) is 9.70. The number of carbonyl (C=O) groups excluding carboxylic acids is 1. The molecular weight excluding hydrogens is 290 g/mol. The normalized spacial score (nSPS) is 14.2. The summed E-state index contributed by atoms with van der Waals surface area (Å²) in [6.45, 7) is 2.00. The van der Waals surface area contributed by atoms with Gasteiger partial charge in [-0.15, -0.1) is 10.2 Å². The second kappa shape index (κ2) is 5.93. The van der Waals surface area contributed by atoms with E-state index in [9.17, 15) is 4.79 Å². The monoisotopic (exact) mass is 305 g/mol. The number of aryl methyl sites for hydroxylation is 1. The molecule has 0 spiro atoms. The van der Waals surface area contributed by atoms with Crippen molar-refractivity contribution in [1.82, 2.24) is 10.2 Å². The fourth-order valence-electron chi connectivity index (χ4n) is 1.67. The molecule has 6 heteroatoms. The van der Waals surface area contributed by atoms with Gasteiger partial charge in [0.25, 0.3) is 5.91 Å². The van der Waals surface area contributed by atoms with Crippen LogP contribution in [0.5, 0.6) is 0 Å². The lowest BCUT2D eigenvalue weighted by molar-refractivity contribution is 0.102. The standard InChI is InChI=1S/C14H15N3OS2/c1-9-2-6-11(7-3-9)12(18)15-13-16-17-14(20-13)19-8-10-4-5-10/h2-3,6-7,10H,4-5,8H2,1H3,(H,15,16,18). The summed E-state index contributed by atoms with van der Waals surface area (Å²) < 4.78 is 0.927. The molecule has 3 rings (SSSR count). The average Bonchev–Trinajstić information content (AvgIpc) is 3.17. The molecule has 20 heavy (non-hydrogen) atoms. The van der Waals surface area contributed by atoms with E-state index in [0.29, 0.717) is 10.7 Å². The van der Waals surface area contributed by atoms with E-state index in [1.54, 1.807) is 11.8 Å². The van der Waals surface area contributed by atoms with Gasteiger partial charge in [-0.2, -0.15) is 0 Å². The molecule has 0 saturated heterocycles. The number of hydrogen-bond acceptors (Lipinski definition) is 5. The van der Waals surface area contributed by atoms with Gasteiger partial charge >= 0.3 is 0 Å². The topological polar surface area (TPSA) is 54.9 Å². The summed E-state index contributed by atoms with van der Waals surface area (Å²) in [5.74, 6) is 1.83. The zero-order chi connectivity index (χ0) is 13.9. The molecule has 104 valence electrons. The predicted octanol–water partition coefficient (Wildman–Crippen LogP) is 3.60. The van der Waals surface area contributed by atoms with Crippen molar-refractivity contribution in [1.29, 1.82) is 0 Å². The van der Waals surface area contributed by atoms with Gasteiger partial charge in [-0.3, -0.25) is 10.1 Å². The van der Waals surface area contributed by atoms with Gasteiger partial charge in [0.1, 0.15) is 0 Å². The Labute approximate surface area is 126 Å². The zero-order valence-electron chi connectivity index (χ0n) is 11.1. The Morgan fingerprint density at radius 2 is 2.10 bits per heavy atom. The Morgan fingerprint density at radius 3 is 2.80 bits per heavy atom. The lowest BCUT2D eigenvalue weighted by Crippen LogP contribution is -2.11. The molecule has 1 N–H and O–H groups in total. The fourth-order valence-corrected chi connectivity index (χ4v) is 3.63. The van der Waals surface area contributed by atoms with E-state index >= 15 is 0 Å². The number of nitrogens with one attached hydrogen (secondary N) is 1. The largest absolute Gasteiger partial charge is 0.296 e. The highest BCUT2D eigenvalue weighted by molar-refractivity contribution is 8.01. The van der Waals surface area contributed by atoms with Crippen molar-refractivity contribution in [2.75, 3.05) is 11.1 Å². The van der Waals surface area contributed by atoms with Gasteiger partial charge < -0.3 is 0 Å². The third-order valence-corrected chi connectivity index (χ3v) is 5.28. The van der Waals surface area contributed by atoms with Gasteiger partial charge in [-0.1, -0.05) is 40.8 Å². The third kappa shape index (κ3) is 3.58. The minimum atomic E-state index is -0.139. The number of rotatable bonds is 5. The number of carbonyl (C=O) groups is 1. The van der Waals surface area contributed by atoms with Crippen LogP contribution >= 0.6 is 23.1 Å². The predicted molar refractivity (Wildman–Crippen MR) is 82.5 cm³/mol. The van der Waals surface area contributed by atoms with E-state index in [4.69, 9.17) is 0 Å². The third-order valence-electron chi connectivity index (χ3n) is 3.08. The molecule has 0 atom stereocenters. The molecule has 1 aliphatic rings. The highest BCUT2D eigenvalue weighted by Gasteiger charge is 2.22. The molecule has 2 aromatic rings. The first-order valence-electron chi connectivity index (χ1n) is 6.55. The van der Waals surface area contributed by atoms with Crippen LogP contribution in [-0.2, 0) is 0 Å². The maximum Gasteiger partial charge on any atom is 0.257 e. The van der Waals surface area contributed by atoms with Gasteiger partial charge in [-0.25, -0.2) is 0 Å². The van der Waals surface area contributed by atoms with Gasteiger partial charge in [-0.05, 0) is 37.8 Å². The summed E-state index contributed by atoms with van der Waals surface area (Å²) in [4.78, 5) is 12.0. The molecule has 0 aliphatic heterocycles. The SMILES string of the molecule is Cc1ccc(C(=O)Nc2nnc(SCC3CC3)s2)cc1. The molecule has 1 aromatic carbocycles. The molecular formula is C14H15N3OS2. The van der Waals surface area contributed by atoms with Crippen LogP contribution in [0, 0.1) is 12.8 Å². The molecule has 1 aliphatic carbocycles. The van der Waals surface area contributed by atoms with Gasteiger partial charge in [0.15, 0.2) is 4.34 Å². The molecule has 0 radical (unpaired) electrons. The summed E-state index contributed by atoms with van der Waals surface area (Å²) in [6, 6.07) is 7.47. The van der Waals surface area contributed by atoms with Crippen molar-refractivity contribution < 1.29 is 4.79 Å². The van der Waals surface area contributed by atoms with E-state index < -0.39 is 0 Å². The Kier molecular flexibility index (Phi) is 4.03. The van der Waals surface area contributed by atoms with Crippen molar-refractivity contribution in [2.24, 2.45) is 5.92 Å². The first kappa shape index (κ1) is 13.6. The molecule has 1 heterocycles. The molecule has 0 bridgehead atoms. The van der Waals surface area contributed by atoms with Crippen LogP contribution in [0.15, 0.2) is 28.6 Å². The molecule has 1 aromatic heterocycles. The van der Waals surface area contributed by atoms with Crippen molar-refractivity contribution in [3.63, 3.8) is 0 Å². The van der Waals surface area contributed by atoms with Crippen LogP contribution < -0.4 is 5.32 Å². The number of anilines is 1. The van der Waals surface area contributed by atoms with E-state index in [0.717, 1.165) is 21.6 Å². The number of aromatic nitrogens is 2. The molecule has 0 unspecified atom stereocenters. The minimum absolute atomic E-state index is 0.139. The van der Waals surface area contributed by atoms with Gasteiger partial charge in [0.2, 0.25) is 5.13 Å². The highest BCUT2D eigenvalue weighted by Crippen LogP contribution is 2.36. The summed E-state index contributed by atoms with van der Waals surface area (Å²) in [6.07, 6.45) is 2.67. The van der Waals surface area contributed by atoms with Gasteiger partial charge in [0.05, 0.1) is 0 Å². The van der Waals surface area contributed by atoms with Crippen molar-refractivity contribution >= 4 is 34.1 Å². The molecule has 1 amide bonds. The maximum absolute atomic E-state index is 12.0. The maximum atomic E-state index is 12.0. The van der Waals surface area contributed by atoms with Crippen LogP contribution in [0.2, 0.25) is 0 Å². The number of thioether (sulfide) groups is 1. The smallest absolute Gasteiger partial charge is 0.257 e. The lowest BCUT2D eigenvalue weighted by atomic mass is 10.1. The first-order valence-corrected chi connectivity index (χ1v) is 8.35. The fraction of sp³-hybridized carbons (Fsp3) is 0.357. The van der Waals surface area contributed by atoms with Crippen LogP contribution in [0.3, 0.4) is 0 Å². The van der Waals surface area contributed by atoms with Crippen LogP contribution in [0.25, 0.3) is 0 Å². The summed E-state index contributed by atoms with van der Waals surface area (Å²) in [7, 11) is 0. The van der Waals surface area contributed by atoms with E-state index in [1.165, 1.54) is 24.2 Å². The number of benzene rings is 1. The highest BCUT2D eigenvalue weighted by atomic mass is 32.2. The summed E-state index contributed by atoms with van der Waals surface area (Å²) in [5.41, 5.74) is 1.77. The second-order valence-corrected chi connectivity index (χ2v) is 7.19. The van der Waals surface area contributed by atoms with E-state index in [1.807, 2.05) is 31.2 Å². The lowest BCUT2D eigenvalue weighted by Gasteiger charge is -2.01. The zero-order valence-corrected chi connectivity index (χ0v) is 12.8. The molecule has 1 fully saturated rings. The van der Waals surface area contributed by atoms with Gasteiger partial charge in [0, 0.05) is 11.3 Å². The van der Waals surface area contributed by atoms with E-state index in [-0.39, 0.29) is 5.91 Å².